The maximum absolute atomic E-state index is 15.1. The minimum Gasteiger partial charge on any atom is -0.399 e. The van der Waals surface area contributed by atoms with Crippen LogP contribution in [0.4, 0.5) is 14.5 Å². The van der Waals surface area contributed by atoms with E-state index in [1.54, 1.807) is 4.90 Å². The summed E-state index contributed by atoms with van der Waals surface area (Å²) >= 11 is 0. The Morgan fingerprint density at radius 3 is 2.00 bits per heavy atom. The van der Waals surface area contributed by atoms with Crippen LogP contribution in [0.25, 0.3) is 0 Å². The van der Waals surface area contributed by atoms with Gasteiger partial charge in [-0.3, -0.25) is 14.9 Å². The molecule has 6 nitrogen and oxygen atoms in total. The van der Waals surface area contributed by atoms with Crippen LogP contribution in [-0.2, 0) is 18.9 Å². The smallest absolute Gasteiger partial charge is 0.399 e. The van der Waals surface area contributed by atoms with E-state index < -0.39 is 41.8 Å². The van der Waals surface area contributed by atoms with Gasteiger partial charge in [-0.25, -0.2) is 8.78 Å². The molecule has 0 bridgehead atoms. The summed E-state index contributed by atoms with van der Waals surface area (Å²) < 4.78 is 42.4. The second-order valence-corrected chi connectivity index (χ2v) is 11.4. The standard InChI is InChI=1S/C28H33BF2N2O4/c1-27(2)28(3,4)37-29(36-27)20-7-5-17(6-8-20)18-11-13-33(14-12-18)25-22(30)15-19(16-23(25)31)21-9-10-24(34)32-26(21)35/h5-8,15-16,18,21H,9-14H2,1-4H3,(H,32,34,35). The van der Waals surface area contributed by atoms with Gasteiger partial charge in [-0.05, 0) is 81.6 Å². The SMILES string of the molecule is CC1(C)OB(c2ccc(C3CCN(c4c(F)cc(C5CCC(=O)NC5=O)cc4F)CC3)cc2)OC1(C)C. The largest absolute Gasteiger partial charge is 0.494 e. The first kappa shape index (κ1) is 25.9. The number of piperidine rings is 2. The van der Waals surface area contributed by atoms with Crippen molar-refractivity contribution in [2.45, 2.75) is 76.4 Å². The Kier molecular flexibility index (Phi) is 6.65. The normalized spacial score (nSPS) is 23.9. The van der Waals surface area contributed by atoms with E-state index in [4.69, 9.17) is 9.31 Å². The molecule has 3 heterocycles. The predicted octanol–water partition coefficient (Wildman–Crippen LogP) is 4.17. The van der Waals surface area contributed by atoms with Crippen LogP contribution in [0, 0.1) is 11.6 Å². The number of halogens is 2. The molecule has 1 unspecified atom stereocenters. The van der Waals surface area contributed by atoms with Gasteiger partial charge in [0.1, 0.15) is 17.3 Å². The van der Waals surface area contributed by atoms with Crippen molar-refractivity contribution in [3.05, 3.63) is 59.2 Å². The van der Waals surface area contributed by atoms with Gasteiger partial charge >= 0.3 is 7.12 Å². The molecule has 3 aliphatic heterocycles. The molecule has 2 aromatic carbocycles. The van der Waals surface area contributed by atoms with Crippen LogP contribution in [0.5, 0.6) is 0 Å². The molecule has 196 valence electrons. The van der Waals surface area contributed by atoms with E-state index in [2.05, 4.69) is 17.4 Å². The molecule has 0 radical (unpaired) electrons. The minimum absolute atomic E-state index is 0.0504. The highest BCUT2D eigenvalue weighted by molar-refractivity contribution is 6.62. The van der Waals surface area contributed by atoms with Gasteiger partial charge in [0.05, 0.1) is 17.1 Å². The van der Waals surface area contributed by atoms with E-state index >= 15 is 8.78 Å². The lowest BCUT2D eigenvalue weighted by Crippen LogP contribution is -2.41. The van der Waals surface area contributed by atoms with Gasteiger partial charge in [0.15, 0.2) is 0 Å². The number of carbonyl (C=O) groups is 2. The Balaban J connectivity index is 1.23. The fourth-order valence-electron chi connectivity index (χ4n) is 5.44. The molecule has 3 aliphatic rings. The van der Waals surface area contributed by atoms with Gasteiger partial charge in [0.25, 0.3) is 0 Å². The quantitative estimate of drug-likeness (QED) is 0.494. The Labute approximate surface area is 216 Å². The van der Waals surface area contributed by atoms with Crippen molar-refractivity contribution in [1.82, 2.24) is 5.32 Å². The minimum atomic E-state index is -0.721. The summed E-state index contributed by atoms with van der Waals surface area (Å²) in [5.41, 5.74) is 1.59. The lowest BCUT2D eigenvalue weighted by atomic mass is 9.77. The fourth-order valence-corrected chi connectivity index (χ4v) is 5.44. The Morgan fingerprint density at radius 2 is 1.46 bits per heavy atom. The molecular weight excluding hydrogens is 477 g/mol. The number of benzene rings is 2. The van der Waals surface area contributed by atoms with Crippen LogP contribution < -0.4 is 15.7 Å². The number of anilines is 1. The molecule has 3 fully saturated rings. The van der Waals surface area contributed by atoms with Crippen molar-refractivity contribution in [3.63, 3.8) is 0 Å². The third kappa shape index (κ3) is 4.91. The first-order valence-corrected chi connectivity index (χ1v) is 13.0. The second kappa shape index (κ2) is 9.51. The lowest BCUT2D eigenvalue weighted by Gasteiger charge is -2.34. The number of hydrogen-bond donors (Lipinski definition) is 1. The number of hydrogen-bond acceptors (Lipinski definition) is 5. The third-order valence-corrected chi connectivity index (χ3v) is 8.43. The fraction of sp³-hybridized carbons (Fsp3) is 0.500. The number of nitrogens with zero attached hydrogens (tertiary/aromatic N) is 1. The Hall–Kier alpha value is -2.78. The van der Waals surface area contributed by atoms with E-state index in [-0.39, 0.29) is 35.9 Å². The van der Waals surface area contributed by atoms with Crippen LogP contribution in [-0.4, -0.2) is 43.2 Å². The highest BCUT2D eigenvalue weighted by atomic mass is 19.1. The van der Waals surface area contributed by atoms with Crippen LogP contribution in [0.3, 0.4) is 0 Å². The molecule has 9 heteroatoms. The lowest BCUT2D eigenvalue weighted by molar-refractivity contribution is -0.134. The summed E-state index contributed by atoms with van der Waals surface area (Å²) in [4.78, 5) is 25.3. The Morgan fingerprint density at radius 1 is 0.892 bits per heavy atom. The summed E-state index contributed by atoms with van der Waals surface area (Å²) in [6.07, 6.45) is 1.95. The molecule has 0 aromatic heterocycles. The van der Waals surface area contributed by atoms with Crippen LogP contribution >= 0.6 is 0 Å². The van der Waals surface area contributed by atoms with Crippen LogP contribution in [0.1, 0.15) is 76.3 Å². The summed E-state index contributed by atoms with van der Waals surface area (Å²) in [7, 11) is -0.407. The van der Waals surface area contributed by atoms with Crippen molar-refractivity contribution in [2.75, 3.05) is 18.0 Å². The van der Waals surface area contributed by atoms with E-state index in [9.17, 15) is 9.59 Å². The first-order valence-electron chi connectivity index (χ1n) is 13.0. The molecule has 0 aliphatic carbocycles. The molecule has 2 aromatic rings. The Bertz CT molecular complexity index is 1170. The average Bonchev–Trinajstić information content (AvgIpc) is 3.06. The maximum atomic E-state index is 15.1. The zero-order valence-corrected chi connectivity index (χ0v) is 21.8. The average molecular weight is 510 g/mol. The van der Waals surface area contributed by atoms with Gasteiger partial charge in [0, 0.05) is 19.5 Å². The molecule has 0 spiro atoms. The first-order chi connectivity index (χ1) is 17.4. The number of imide groups is 1. The summed E-state index contributed by atoms with van der Waals surface area (Å²) in [6, 6.07) is 10.7. The zero-order chi connectivity index (χ0) is 26.5. The molecule has 1 N–H and O–H groups in total. The highest BCUT2D eigenvalue weighted by Gasteiger charge is 2.51. The number of carbonyl (C=O) groups excluding carboxylic acids is 2. The summed E-state index contributed by atoms with van der Waals surface area (Å²) in [5.74, 6) is -2.65. The van der Waals surface area contributed by atoms with E-state index in [1.807, 2.05) is 39.8 Å². The zero-order valence-electron chi connectivity index (χ0n) is 21.8. The highest BCUT2D eigenvalue weighted by Crippen LogP contribution is 2.38. The number of nitrogens with one attached hydrogen (secondary N) is 1. The molecule has 0 saturated carbocycles. The van der Waals surface area contributed by atoms with Crippen LogP contribution in [0.2, 0.25) is 0 Å². The molecule has 2 amide bonds. The topological polar surface area (TPSA) is 67.9 Å². The van der Waals surface area contributed by atoms with Crippen molar-refractivity contribution in [3.8, 4) is 0 Å². The van der Waals surface area contributed by atoms with E-state index in [0.717, 1.165) is 18.3 Å². The number of rotatable bonds is 4. The maximum Gasteiger partial charge on any atom is 0.494 e. The number of amides is 2. The van der Waals surface area contributed by atoms with Gasteiger partial charge in [-0.15, -0.1) is 0 Å². The molecule has 5 rings (SSSR count). The van der Waals surface area contributed by atoms with Gasteiger partial charge in [-0.1, -0.05) is 24.3 Å². The van der Waals surface area contributed by atoms with Crippen molar-refractivity contribution >= 4 is 30.1 Å². The summed E-state index contributed by atoms with van der Waals surface area (Å²) in [5, 5.41) is 2.24. The molecule has 3 saturated heterocycles. The van der Waals surface area contributed by atoms with Gasteiger partial charge in [-0.2, -0.15) is 0 Å². The monoisotopic (exact) mass is 510 g/mol. The molecular formula is C28H33BF2N2O4. The molecule has 1 atom stereocenters. The molecule has 37 heavy (non-hydrogen) atoms. The van der Waals surface area contributed by atoms with E-state index in [0.29, 0.717) is 13.1 Å². The van der Waals surface area contributed by atoms with Gasteiger partial charge in [0.2, 0.25) is 11.8 Å². The van der Waals surface area contributed by atoms with Crippen molar-refractivity contribution in [2.24, 2.45) is 0 Å². The second-order valence-electron chi connectivity index (χ2n) is 11.4. The predicted molar refractivity (Wildman–Crippen MR) is 138 cm³/mol. The van der Waals surface area contributed by atoms with Crippen molar-refractivity contribution in [1.29, 1.82) is 0 Å². The van der Waals surface area contributed by atoms with Gasteiger partial charge < -0.3 is 14.2 Å². The third-order valence-electron chi connectivity index (χ3n) is 8.43. The van der Waals surface area contributed by atoms with Crippen molar-refractivity contribution < 1.29 is 27.7 Å². The summed E-state index contributed by atoms with van der Waals surface area (Å²) in [6.45, 7) is 9.17. The van der Waals surface area contributed by atoms with E-state index in [1.165, 1.54) is 17.7 Å². The van der Waals surface area contributed by atoms with Crippen LogP contribution in [0.15, 0.2) is 36.4 Å².